The predicted molar refractivity (Wildman–Crippen MR) is 60.4 cm³/mol. The molecule has 1 aromatic heterocycles. The molecule has 0 spiro atoms. The Morgan fingerprint density at radius 3 is 3.31 bits per heavy atom. The number of amides is 2. The van der Waals surface area contributed by atoms with E-state index in [9.17, 15) is 4.79 Å². The monoisotopic (exact) mass is 221 g/mol. The number of aliphatic hydroxyl groups is 1. The molecule has 86 valence electrons. The highest BCUT2D eigenvalue weighted by molar-refractivity contribution is 5.92. The quantitative estimate of drug-likeness (QED) is 0.766. The Balaban J connectivity index is 2.15. The summed E-state index contributed by atoms with van der Waals surface area (Å²) < 4.78 is 0. The second-order valence-corrected chi connectivity index (χ2v) is 3.68. The van der Waals surface area contributed by atoms with Gasteiger partial charge in [-0.1, -0.05) is 0 Å². The van der Waals surface area contributed by atoms with Crippen LogP contribution in [0.5, 0.6) is 0 Å². The molecule has 5 nitrogen and oxygen atoms in total. The van der Waals surface area contributed by atoms with Gasteiger partial charge in [-0.05, 0) is 25.0 Å². The van der Waals surface area contributed by atoms with E-state index in [0.29, 0.717) is 6.54 Å². The second-order valence-electron chi connectivity index (χ2n) is 3.68. The normalized spacial score (nSPS) is 14.4. The van der Waals surface area contributed by atoms with E-state index in [-0.39, 0.29) is 19.2 Å². The van der Waals surface area contributed by atoms with E-state index < -0.39 is 0 Å². The third-order valence-corrected chi connectivity index (χ3v) is 2.59. The molecule has 1 aliphatic heterocycles. The lowest BCUT2D eigenvalue weighted by atomic mass is 10.1. The topological polar surface area (TPSA) is 65.5 Å². The van der Waals surface area contributed by atoms with Crippen molar-refractivity contribution in [3.8, 4) is 0 Å². The molecule has 0 atom stereocenters. The number of anilines is 1. The van der Waals surface area contributed by atoms with Crippen LogP contribution >= 0.6 is 0 Å². The Hall–Kier alpha value is -1.62. The number of hydrogen-bond donors (Lipinski definition) is 2. The number of hydrogen-bond acceptors (Lipinski definition) is 3. The van der Waals surface area contributed by atoms with Crippen LogP contribution in [0.3, 0.4) is 0 Å². The summed E-state index contributed by atoms with van der Waals surface area (Å²) in [6.07, 6.45) is 3.59. The number of urea groups is 1. The Kier molecular flexibility index (Phi) is 3.36. The fourth-order valence-corrected chi connectivity index (χ4v) is 1.86. The van der Waals surface area contributed by atoms with Crippen LogP contribution in [0.1, 0.15) is 12.1 Å². The highest BCUT2D eigenvalue weighted by Gasteiger charge is 2.22. The first-order chi connectivity index (χ1) is 7.83. The van der Waals surface area contributed by atoms with Crippen LogP contribution in [0.25, 0.3) is 0 Å². The summed E-state index contributed by atoms with van der Waals surface area (Å²) >= 11 is 0. The van der Waals surface area contributed by atoms with E-state index >= 15 is 0 Å². The molecule has 0 aliphatic carbocycles. The molecule has 1 aliphatic rings. The van der Waals surface area contributed by atoms with Gasteiger partial charge in [0, 0.05) is 19.3 Å². The number of rotatable bonds is 2. The number of nitrogens with zero attached hydrogens (tertiary/aromatic N) is 2. The third-order valence-electron chi connectivity index (χ3n) is 2.59. The van der Waals surface area contributed by atoms with E-state index in [1.807, 2.05) is 12.1 Å². The van der Waals surface area contributed by atoms with Crippen molar-refractivity contribution in [3.05, 3.63) is 24.0 Å². The minimum absolute atomic E-state index is 0.0422. The lowest BCUT2D eigenvalue weighted by Crippen LogP contribution is -2.43. The van der Waals surface area contributed by atoms with Crippen molar-refractivity contribution in [1.82, 2.24) is 10.3 Å². The van der Waals surface area contributed by atoms with Crippen molar-refractivity contribution < 1.29 is 9.90 Å². The number of carbonyl (C=O) groups is 1. The Morgan fingerprint density at radius 1 is 1.62 bits per heavy atom. The van der Waals surface area contributed by atoms with Crippen LogP contribution in [-0.2, 0) is 6.42 Å². The molecule has 0 saturated carbocycles. The van der Waals surface area contributed by atoms with Gasteiger partial charge in [0.1, 0.15) is 0 Å². The van der Waals surface area contributed by atoms with Crippen LogP contribution in [0.4, 0.5) is 10.5 Å². The van der Waals surface area contributed by atoms with Gasteiger partial charge in [0.25, 0.3) is 0 Å². The summed E-state index contributed by atoms with van der Waals surface area (Å²) in [5, 5.41) is 11.3. The molecular weight excluding hydrogens is 206 g/mol. The van der Waals surface area contributed by atoms with Crippen LogP contribution in [-0.4, -0.2) is 35.8 Å². The van der Waals surface area contributed by atoms with Gasteiger partial charge in [-0.2, -0.15) is 0 Å². The summed E-state index contributed by atoms with van der Waals surface area (Å²) in [5.74, 6) is 0. The minimum atomic E-state index is -0.164. The molecule has 0 saturated heterocycles. The van der Waals surface area contributed by atoms with Gasteiger partial charge >= 0.3 is 6.03 Å². The maximum Gasteiger partial charge on any atom is 0.322 e. The van der Waals surface area contributed by atoms with E-state index in [2.05, 4.69) is 10.3 Å². The van der Waals surface area contributed by atoms with Gasteiger partial charge in [-0.15, -0.1) is 0 Å². The SMILES string of the molecule is O=C(NCCO)N1CCCc2ncccc21. The van der Waals surface area contributed by atoms with Gasteiger partial charge < -0.3 is 10.4 Å². The predicted octanol–water partition coefficient (Wildman–Crippen LogP) is 0.536. The van der Waals surface area contributed by atoms with E-state index in [4.69, 9.17) is 5.11 Å². The van der Waals surface area contributed by atoms with Crippen LogP contribution < -0.4 is 10.2 Å². The molecule has 0 radical (unpaired) electrons. The standard InChI is InChI=1S/C11H15N3O2/c15-8-6-13-11(16)14-7-2-3-9-10(14)4-1-5-12-9/h1,4-5,15H,2-3,6-8H2,(H,13,16). The maximum absolute atomic E-state index is 11.8. The molecule has 2 heterocycles. The summed E-state index contributed by atoms with van der Waals surface area (Å²) in [4.78, 5) is 17.7. The molecule has 2 rings (SSSR count). The van der Waals surface area contributed by atoms with Crippen molar-refractivity contribution >= 4 is 11.7 Å². The Morgan fingerprint density at radius 2 is 2.50 bits per heavy atom. The molecule has 0 bridgehead atoms. The first-order valence-corrected chi connectivity index (χ1v) is 5.43. The van der Waals surface area contributed by atoms with Gasteiger partial charge in [0.15, 0.2) is 0 Å². The lowest BCUT2D eigenvalue weighted by molar-refractivity contribution is 0.239. The number of aliphatic hydroxyl groups excluding tert-OH is 1. The second kappa shape index (κ2) is 4.94. The van der Waals surface area contributed by atoms with Crippen molar-refractivity contribution in [2.24, 2.45) is 0 Å². The minimum Gasteiger partial charge on any atom is -0.395 e. The summed E-state index contributed by atoms with van der Waals surface area (Å²) in [6, 6.07) is 3.57. The molecule has 0 unspecified atom stereocenters. The van der Waals surface area contributed by atoms with Crippen molar-refractivity contribution in [2.75, 3.05) is 24.6 Å². The number of aryl methyl sites for hydroxylation is 1. The molecular formula is C11H15N3O2. The first kappa shape index (κ1) is 10.9. The Labute approximate surface area is 94.1 Å². The highest BCUT2D eigenvalue weighted by Crippen LogP contribution is 2.24. The maximum atomic E-state index is 11.8. The van der Waals surface area contributed by atoms with Gasteiger partial charge in [0.05, 0.1) is 18.0 Å². The van der Waals surface area contributed by atoms with Crippen LogP contribution in [0, 0.1) is 0 Å². The van der Waals surface area contributed by atoms with Gasteiger partial charge in [0.2, 0.25) is 0 Å². The first-order valence-electron chi connectivity index (χ1n) is 5.43. The molecule has 16 heavy (non-hydrogen) atoms. The number of fused-ring (bicyclic) bond motifs is 1. The lowest BCUT2D eigenvalue weighted by Gasteiger charge is -2.28. The molecule has 1 aromatic rings. The summed E-state index contributed by atoms with van der Waals surface area (Å²) in [5.41, 5.74) is 1.84. The van der Waals surface area contributed by atoms with Gasteiger partial charge in [-0.25, -0.2) is 4.79 Å². The Bertz CT molecular complexity index is 381. The molecule has 5 heteroatoms. The van der Waals surface area contributed by atoms with E-state index in [1.165, 1.54) is 0 Å². The molecule has 0 aromatic carbocycles. The largest absolute Gasteiger partial charge is 0.395 e. The fraction of sp³-hybridized carbons (Fsp3) is 0.455. The zero-order chi connectivity index (χ0) is 11.4. The number of nitrogens with one attached hydrogen (secondary N) is 1. The van der Waals surface area contributed by atoms with Crippen LogP contribution in [0.2, 0.25) is 0 Å². The van der Waals surface area contributed by atoms with E-state index in [0.717, 1.165) is 24.2 Å². The highest BCUT2D eigenvalue weighted by atomic mass is 16.3. The molecule has 2 amide bonds. The molecule has 2 N–H and O–H groups in total. The van der Waals surface area contributed by atoms with Gasteiger partial charge in [-0.3, -0.25) is 9.88 Å². The number of carbonyl (C=O) groups excluding carboxylic acids is 1. The third kappa shape index (κ3) is 2.14. The smallest absolute Gasteiger partial charge is 0.322 e. The fourth-order valence-electron chi connectivity index (χ4n) is 1.86. The van der Waals surface area contributed by atoms with Crippen molar-refractivity contribution in [3.63, 3.8) is 0 Å². The zero-order valence-electron chi connectivity index (χ0n) is 9.02. The average Bonchev–Trinajstić information content (AvgIpc) is 2.35. The van der Waals surface area contributed by atoms with E-state index in [1.54, 1.807) is 11.1 Å². The van der Waals surface area contributed by atoms with Crippen LogP contribution in [0.15, 0.2) is 18.3 Å². The van der Waals surface area contributed by atoms with Crippen molar-refractivity contribution in [2.45, 2.75) is 12.8 Å². The molecule has 0 fully saturated rings. The average molecular weight is 221 g/mol. The summed E-state index contributed by atoms with van der Waals surface area (Å²) in [6.45, 7) is 0.945. The number of pyridine rings is 1. The zero-order valence-corrected chi connectivity index (χ0v) is 9.02. The summed E-state index contributed by atoms with van der Waals surface area (Å²) in [7, 11) is 0. The van der Waals surface area contributed by atoms with Crippen molar-refractivity contribution in [1.29, 1.82) is 0 Å². The number of aromatic nitrogens is 1.